The Hall–Kier alpha value is -2.43. The number of aromatic nitrogens is 2. The fourth-order valence-electron chi connectivity index (χ4n) is 2.12. The first kappa shape index (κ1) is 15.0. The number of anilines is 2. The molecule has 0 fully saturated rings. The second-order valence-electron chi connectivity index (χ2n) is 5.00. The van der Waals surface area contributed by atoms with Gasteiger partial charge in [-0.25, -0.2) is 14.8 Å². The number of carbonyl (C=O) groups is 1. The number of hydrogen-bond acceptors (Lipinski definition) is 4. The molecular formula is C16H19N3O2. The second-order valence-corrected chi connectivity index (χ2v) is 5.00. The molecule has 0 radical (unpaired) electrons. The average molecular weight is 285 g/mol. The van der Waals surface area contributed by atoms with Crippen LogP contribution in [0.3, 0.4) is 0 Å². The maximum absolute atomic E-state index is 11.5. The van der Waals surface area contributed by atoms with Gasteiger partial charge in [-0.3, -0.25) is 0 Å². The molecule has 0 amide bonds. The number of carboxylic acids is 1. The van der Waals surface area contributed by atoms with Crippen molar-refractivity contribution in [2.24, 2.45) is 0 Å². The zero-order chi connectivity index (χ0) is 15.4. The standard InChI is InChI=1S/C16H19N3O2/c1-4-19(12-8-6-5-7-9-12)13-10-17-15(11(2)3)18-14(13)16(20)21/h5-11H,4H2,1-3H3,(H,20,21). The highest BCUT2D eigenvalue weighted by Gasteiger charge is 2.20. The molecule has 0 saturated carbocycles. The molecule has 0 saturated heterocycles. The molecule has 1 aromatic carbocycles. The Morgan fingerprint density at radius 3 is 2.48 bits per heavy atom. The Morgan fingerprint density at radius 1 is 1.29 bits per heavy atom. The molecule has 0 aliphatic carbocycles. The van der Waals surface area contributed by atoms with Gasteiger partial charge in [-0.05, 0) is 19.1 Å². The summed E-state index contributed by atoms with van der Waals surface area (Å²) in [6, 6.07) is 9.63. The molecule has 1 heterocycles. The van der Waals surface area contributed by atoms with Crippen molar-refractivity contribution in [1.29, 1.82) is 0 Å². The summed E-state index contributed by atoms with van der Waals surface area (Å²) in [5.41, 5.74) is 1.48. The Bertz CT molecular complexity index is 627. The monoisotopic (exact) mass is 285 g/mol. The lowest BCUT2D eigenvalue weighted by molar-refractivity contribution is 0.0690. The van der Waals surface area contributed by atoms with Crippen molar-refractivity contribution in [3.05, 3.63) is 48.0 Å². The van der Waals surface area contributed by atoms with E-state index in [0.717, 1.165) is 5.69 Å². The fraction of sp³-hybridized carbons (Fsp3) is 0.312. The second kappa shape index (κ2) is 6.35. The third kappa shape index (κ3) is 3.18. The van der Waals surface area contributed by atoms with Crippen molar-refractivity contribution in [2.75, 3.05) is 11.4 Å². The Morgan fingerprint density at radius 2 is 1.95 bits per heavy atom. The topological polar surface area (TPSA) is 66.3 Å². The third-order valence-corrected chi connectivity index (χ3v) is 3.18. The summed E-state index contributed by atoms with van der Waals surface area (Å²) in [6.45, 7) is 6.48. The van der Waals surface area contributed by atoms with Crippen LogP contribution in [0, 0.1) is 0 Å². The predicted octanol–water partition coefficient (Wildman–Crippen LogP) is 3.46. The van der Waals surface area contributed by atoms with Crippen LogP contribution in [0.25, 0.3) is 0 Å². The minimum Gasteiger partial charge on any atom is -0.476 e. The van der Waals surface area contributed by atoms with Crippen LogP contribution in [-0.2, 0) is 0 Å². The highest BCUT2D eigenvalue weighted by molar-refractivity contribution is 5.93. The van der Waals surface area contributed by atoms with Gasteiger partial charge in [-0.15, -0.1) is 0 Å². The Labute approximate surface area is 124 Å². The van der Waals surface area contributed by atoms with Crippen LogP contribution in [-0.4, -0.2) is 27.6 Å². The van der Waals surface area contributed by atoms with Crippen LogP contribution >= 0.6 is 0 Å². The average Bonchev–Trinajstić information content (AvgIpc) is 2.49. The molecule has 1 N–H and O–H groups in total. The summed E-state index contributed by atoms with van der Waals surface area (Å²) in [7, 11) is 0. The van der Waals surface area contributed by atoms with E-state index in [1.54, 1.807) is 6.20 Å². The summed E-state index contributed by atoms with van der Waals surface area (Å²) in [5.74, 6) is -0.409. The van der Waals surface area contributed by atoms with E-state index in [1.807, 2.05) is 56.0 Å². The van der Waals surface area contributed by atoms with Crippen LogP contribution in [0.1, 0.15) is 43.0 Å². The molecule has 0 bridgehead atoms. The molecule has 2 rings (SSSR count). The normalized spacial score (nSPS) is 10.7. The van der Waals surface area contributed by atoms with Crippen molar-refractivity contribution in [3.8, 4) is 0 Å². The van der Waals surface area contributed by atoms with Gasteiger partial charge in [0.1, 0.15) is 5.82 Å². The van der Waals surface area contributed by atoms with E-state index in [-0.39, 0.29) is 11.6 Å². The minimum atomic E-state index is -1.04. The van der Waals surface area contributed by atoms with Crippen LogP contribution in [0.2, 0.25) is 0 Å². The summed E-state index contributed by atoms with van der Waals surface area (Å²) in [5, 5.41) is 9.45. The van der Waals surface area contributed by atoms with Crippen molar-refractivity contribution in [1.82, 2.24) is 9.97 Å². The smallest absolute Gasteiger partial charge is 0.356 e. The minimum absolute atomic E-state index is 0.0411. The first-order chi connectivity index (χ1) is 10.0. The molecule has 21 heavy (non-hydrogen) atoms. The highest BCUT2D eigenvalue weighted by atomic mass is 16.4. The maximum Gasteiger partial charge on any atom is 0.356 e. The molecule has 2 aromatic rings. The molecule has 0 aliphatic rings. The molecule has 0 spiro atoms. The first-order valence-electron chi connectivity index (χ1n) is 6.97. The zero-order valence-corrected chi connectivity index (χ0v) is 12.4. The molecule has 5 heteroatoms. The van der Waals surface area contributed by atoms with Crippen molar-refractivity contribution in [3.63, 3.8) is 0 Å². The predicted molar refractivity (Wildman–Crippen MR) is 82.2 cm³/mol. The lowest BCUT2D eigenvalue weighted by Crippen LogP contribution is -2.21. The third-order valence-electron chi connectivity index (χ3n) is 3.18. The number of benzene rings is 1. The van der Waals surface area contributed by atoms with Gasteiger partial charge in [0, 0.05) is 18.2 Å². The van der Waals surface area contributed by atoms with Crippen LogP contribution in [0.5, 0.6) is 0 Å². The quantitative estimate of drug-likeness (QED) is 0.911. The summed E-state index contributed by atoms with van der Waals surface area (Å²) in [4.78, 5) is 21.9. The van der Waals surface area contributed by atoms with Gasteiger partial charge in [-0.2, -0.15) is 0 Å². The maximum atomic E-state index is 11.5. The van der Waals surface area contributed by atoms with Gasteiger partial charge in [-0.1, -0.05) is 32.0 Å². The van der Waals surface area contributed by atoms with Gasteiger partial charge >= 0.3 is 5.97 Å². The zero-order valence-electron chi connectivity index (χ0n) is 12.4. The summed E-state index contributed by atoms with van der Waals surface area (Å²) < 4.78 is 0. The van der Waals surface area contributed by atoms with Crippen molar-refractivity contribution < 1.29 is 9.90 Å². The van der Waals surface area contributed by atoms with E-state index < -0.39 is 5.97 Å². The molecule has 0 aliphatic heterocycles. The molecule has 5 nitrogen and oxygen atoms in total. The van der Waals surface area contributed by atoms with E-state index in [2.05, 4.69) is 9.97 Å². The van der Waals surface area contributed by atoms with E-state index in [9.17, 15) is 9.90 Å². The van der Waals surface area contributed by atoms with Gasteiger partial charge in [0.25, 0.3) is 0 Å². The lowest BCUT2D eigenvalue weighted by Gasteiger charge is -2.24. The van der Waals surface area contributed by atoms with Crippen LogP contribution in [0.4, 0.5) is 11.4 Å². The van der Waals surface area contributed by atoms with Crippen molar-refractivity contribution in [2.45, 2.75) is 26.7 Å². The molecular weight excluding hydrogens is 266 g/mol. The van der Waals surface area contributed by atoms with Gasteiger partial charge in [0.2, 0.25) is 0 Å². The number of hydrogen-bond donors (Lipinski definition) is 1. The lowest BCUT2D eigenvalue weighted by atomic mass is 10.2. The number of carboxylic acid groups (broad SMARTS) is 1. The molecule has 1 aromatic heterocycles. The van der Waals surface area contributed by atoms with Crippen molar-refractivity contribution >= 4 is 17.3 Å². The Kier molecular flexibility index (Phi) is 4.52. The Balaban J connectivity index is 2.53. The number of rotatable bonds is 5. The summed E-state index contributed by atoms with van der Waals surface area (Å²) >= 11 is 0. The number of aromatic carboxylic acids is 1. The fourth-order valence-corrected chi connectivity index (χ4v) is 2.12. The molecule has 0 atom stereocenters. The largest absolute Gasteiger partial charge is 0.476 e. The van der Waals surface area contributed by atoms with Gasteiger partial charge < -0.3 is 10.0 Å². The van der Waals surface area contributed by atoms with E-state index in [0.29, 0.717) is 18.1 Å². The number of nitrogens with zero attached hydrogens (tertiary/aromatic N) is 3. The van der Waals surface area contributed by atoms with Crippen LogP contribution in [0.15, 0.2) is 36.5 Å². The van der Waals surface area contributed by atoms with Gasteiger partial charge in [0.05, 0.1) is 11.9 Å². The van der Waals surface area contributed by atoms with Gasteiger partial charge in [0.15, 0.2) is 5.69 Å². The SMILES string of the molecule is CCN(c1ccccc1)c1cnc(C(C)C)nc1C(=O)O. The van der Waals surface area contributed by atoms with E-state index in [1.165, 1.54) is 0 Å². The highest BCUT2D eigenvalue weighted by Crippen LogP contribution is 2.27. The molecule has 0 unspecified atom stereocenters. The molecule has 110 valence electrons. The number of para-hydroxylation sites is 1. The first-order valence-corrected chi connectivity index (χ1v) is 6.97. The van der Waals surface area contributed by atoms with E-state index in [4.69, 9.17) is 0 Å². The summed E-state index contributed by atoms with van der Waals surface area (Å²) in [6.07, 6.45) is 1.60. The van der Waals surface area contributed by atoms with Crippen LogP contribution < -0.4 is 4.90 Å². The van der Waals surface area contributed by atoms with E-state index >= 15 is 0 Å².